The highest BCUT2D eigenvalue weighted by Crippen LogP contribution is 2.38. The van der Waals surface area contributed by atoms with Gasteiger partial charge in [-0.3, -0.25) is 0 Å². The molecule has 3 rings (SSSR count). The van der Waals surface area contributed by atoms with Gasteiger partial charge in [-0.25, -0.2) is 0 Å². The highest BCUT2D eigenvalue weighted by molar-refractivity contribution is 5.39. The molecule has 1 N–H and O–H groups in total. The summed E-state index contributed by atoms with van der Waals surface area (Å²) in [6, 6.07) is 18.5. The molecule has 0 spiro atoms. The van der Waals surface area contributed by atoms with Crippen molar-refractivity contribution in [2.45, 2.75) is 44.6 Å². The van der Waals surface area contributed by atoms with E-state index in [1.807, 2.05) is 0 Å². The lowest BCUT2D eigenvalue weighted by molar-refractivity contribution is 0.420. The molecule has 1 nitrogen and oxygen atoms in total. The van der Waals surface area contributed by atoms with Gasteiger partial charge in [0, 0.05) is 6.04 Å². The summed E-state index contributed by atoms with van der Waals surface area (Å²) in [6.07, 6.45) is 4.91. The molecule has 0 saturated heterocycles. The van der Waals surface area contributed by atoms with Gasteiger partial charge in [-0.2, -0.15) is 0 Å². The maximum Gasteiger partial charge on any atom is 0.00731 e. The topological polar surface area (TPSA) is 12.0 Å². The quantitative estimate of drug-likeness (QED) is 0.833. The number of benzene rings is 2. The summed E-state index contributed by atoms with van der Waals surface area (Å²) in [5.41, 5.74) is 5.92. The zero-order valence-electron chi connectivity index (χ0n) is 13.1. The first-order chi connectivity index (χ1) is 10.3. The summed E-state index contributed by atoms with van der Waals surface area (Å²) in [7, 11) is 2.10. The van der Waals surface area contributed by atoms with Crippen LogP contribution in [0, 0.1) is 6.92 Å². The van der Waals surface area contributed by atoms with Crippen LogP contribution >= 0.6 is 0 Å². The van der Waals surface area contributed by atoms with Crippen molar-refractivity contribution >= 4 is 0 Å². The van der Waals surface area contributed by atoms with Gasteiger partial charge in [0.1, 0.15) is 0 Å². The lowest BCUT2D eigenvalue weighted by Gasteiger charge is -2.33. The Hall–Kier alpha value is -1.60. The van der Waals surface area contributed by atoms with Crippen molar-refractivity contribution < 1.29 is 0 Å². The zero-order chi connectivity index (χ0) is 14.7. The van der Waals surface area contributed by atoms with E-state index < -0.39 is 0 Å². The molecule has 2 unspecified atom stereocenters. The monoisotopic (exact) mass is 279 g/mol. The first-order valence-corrected chi connectivity index (χ1v) is 8.07. The molecule has 0 bridgehead atoms. The van der Waals surface area contributed by atoms with E-state index in [2.05, 4.69) is 67.8 Å². The highest BCUT2D eigenvalue weighted by atomic mass is 14.9. The van der Waals surface area contributed by atoms with Crippen LogP contribution in [-0.4, -0.2) is 13.1 Å². The summed E-state index contributed by atoms with van der Waals surface area (Å²) in [5.74, 6) is 0.761. The molecule has 2 aromatic carbocycles. The average Bonchev–Trinajstić information content (AvgIpc) is 2.49. The predicted octanol–water partition coefficient (Wildman–Crippen LogP) is 4.25. The van der Waals surface area contributed by atoms with Crippen molar-refractivity contribution in [1.29, 1.82) is 0 Å². The Balaban J connectivity index is 1.53. The van der Waals surface area contributed by atoms with Crippen LogP contribution in [0.2, 0.25) is 0 Å². The van der Waals surface area contributed by atoms with Crippen LogP contribution in [0.3, 0.4) is 0 Å². The minimum Gasteiger partial charge on any atom is -0.317 e. The number of nitrogens with one attached hydrogen (secondary N) is 1. The van der Waals surface area contributed by atoms with Crippen LogP contribution in [0.15, 0.2) is 48.5 Å². The molecule has 1 aliphatic carbocycles. The van der Waals surface area contributed by atoms with E-state index in [-0.39, 0.29) is 0 Å². The maximum absolute atomic E-state index is 3.51. The van der Waals surface area contributed by atoms with Crippen molar-refractivity contribution in [3.8, 4) is 0 Å². The molecular weight excluding hydrogens is 254 g/mol. The molecule has 0 heterocycles. The average molecular weight is 279 g/mol. The number of aryl methyl sites for hydroxylation is 2. The van der Waals surface area contributed by atoms with Crippen LogP contribution in [-0.2, 0) is 12.8 Å². The number of rotatable bonds is 6. The molecular formula is C20H25N. The van der Waals surface area contributed by atoms with E-state index in [4.69, 9.17) is 0 Å². The van der Waals surface area contributed by atoms with Gasteiger partial charge < -0.3 is 5.32 Å². The molecule has 0 fully saturated rings. The van der Waals surface area contributed by atoms with Crippen molar-refractivity contribution in [3.05, 3.63) is 70.8 Å². The molecule has 0 aliphatic heterocycles. The molecule has 21 heavy (non-hydrogen) atoms. The Kier molecular flexibility index (Phi) is 4.40. The standard InChI is InChI=1S/C20H25N/c1-15-7-9-16(10-8-15)11-12-19(21-2)14-18-13-17-5-3-4-6-20(17)18/h3-10,18-19,21H,11-14H2,1-2H3. The third kappa shape index (κ3) is 3.36. The Bertz CT molecular complexity index is 585. The number of fused-ring (bicyclic) bond motifs is 1. The zero-order valence-corrected chi connectivity index (χ0v) is 13.1. The minimum absolute atomic E-state index is 0.615. The van der Waals surface area contributed by atoms with Gasteiger partial charge in [0.25, 0.3) is 0 Å². The summed E-state index contributed by atoms with van der Waals surface area (Å²) in [6.45, 7) is 2.15. The fourth-order valence-corrected chi connectivity index (χ4v) is 3.39. The van der Waals surface area contributed by atoms with Gasteiger partial charge >= 0.3 is 0 Å². The molecule has 1 heteroatoms. The fourth-order valence-electron chi connectivity index (χ4n) is 3.39. The van der Waals surface area contributed by atoms with Crippen molar-refractivity contribution in [2.75, 3.05) is 7.05 Å². The molecule has 2 aromatic rings. The summed E-state index contributed by atoms with van der Waals surface area (Å²) >= 11 is 0. The lowest BCUT2D eigenvalue weighted by Crippen LogP contribution is -2.31. The van der Waals surface area contributed by atoms with E-state index >= 15 is 0 Å². The SMILES string of the molecule is CNC(CCc1ccc(C)cc1)CC1Cc2ccccc21. The Morgan fingerprint density at radius 3 is 2.57 bits per heavy atom. The molecule has 0 saturated carbocycles. The van der Waals surface area contributed by atoms with Crippen molar-refractivity contribution in [3.63, 3.8) is 0 Å². The largest absolute Gasteiger partial charge is 0.317 e. The van der Waals surface area contributed by atoms with E-state index in [1.165, 1.54) is 36.8 Å². The fraction of sp³-hybridized carbons (Fsp3) is 0.400. The summed E-state index contributed by atoms with van der Waals surface area (Å²) in [5, 5.41) is 3.51. The van der Waals surface area contributed by atoms with Gasteiger partial charge in [0.05, 0.1) is 0 Å². The van der Waals surface area contributed by atoms with Crippen LogP contribution in [0.5, 0.6) is 0 Å². The third-order valence-corrected chi connectivity index (χ3v) is 4.84. The second-order valence-corrected chi connectivity index (χ2v) is 6.35. The van der Waals surface area contributed by atoms with Crippen LogP contribution in [0.1, 0.15) is 41.0 Å². The van der Waals surface area contributed by atoms with E-state index in [0.29, 0.717) is 6.04 Å². The van der Waals surface area contributed by atoms with Gasteiger partial charge in [-0.1, -0.05) is 54.1 Å². The lowest BCUT2D eigenvalue weighted by atomic mass is 9.74. The van der Waals surface area contributed by atoms with E-state index in [1.54, 1.807) is 11.1 Å². The van der Waals surface area contributed by atoms with Crippen LogP contribution in [0.25, 0.3) is 0 Å². The summed E-state index contributed by atoms with van der Waals surface area (Å²) < 4.78 is 0. The normalized spacial score (nSPS) is 17.9. The molecule has 0 radical (unpaired) electrons. The maximum atomic E-state index is 3.51. The van der Waals surface area contributed by atoms with Gasteiger partial charge in [-0.15, -0.1) is 0 Å². The number of hydrogen-bond acceptors (Lipinski definition) is 1. The predicted molar refractivity (Wildman–Crippen MR) is 89.9 cm³/mol. The van der Waals surface area contributed by atoms with Crippen molar-refractivity contribution in [2.24, 2.45) is 0 Å². The van der Waals surface area contributed by atoms with Gasteiger partial charge in [-0.05, 0) is 62.3 Å². The second kappa shape index (κ2) is 6.44. The Labute approximate surface area is 128 Å². The third-order valence-electron chi connectivity index (χ3n) is 4.84. The molecule has 110 valence electrons. The van der Waals surface area contributed by atoms with E-state index in [9.17, 15) is 0 Å². The van der Waals surface area contributed by atoms with E-state index in [0.717, 1.165) is 5.92 Å². The smallest absolute Gasteiger partial charge is 0.00731 e. The summed E-state index contributed by atoms with van der Waals surface area (Å²) in [4.78, 5) is 0. The Morgan fingerprint density at radius 1 is 1.10 bits per heavy atom. The molecule has 0 amide bonds. The molecule has 0 aromatic heterocycles. The molecule has 1 aliphatic rings. The molecule has 2 atom stereocenters. The second-order valence-electron chi connectivity index (χ2n) is 6.35. The van der Waals surface area contributed by atoms with Gasteiger partial charge in [0.15, 0.2) is 0 Å². The first kappa shape index (κ1) is 14.3. The van der Waals surface area contributed by atoms with Crippen LogP contribution < -0.4 is 5.32 Å². The Morgan fingerprint density at radius 2 is 1.86 bits per heavy atom. The highest BCUT2D eigenvalue weighted by Gasteiger charge is 2.27. The minimum atomic E-state index is 0.615. The van der Waals surface area contributed by atoms with Crippen LogP contribution in [0.4, 0.5) is 0 Å². The van der Waals surface area contributed by atoms with Gasteiger partial charge in [0.2, 0.25) is 0 Å². The number of hydrogen-bond donors (Lipinski definition) is 1. The first-order valence-electron chi connectivity index (χ1n) is 8.07. The van der Waals surface area contributed by atoms with Crippen molar-refractivity contribution in [1.82, 2.24) is 5.32 Å².